The van der Waals surface area contributed by atoms with E-state index in [0.29, 0.717) is 16.3 Å². The summed E-state index contributed by atoms with van der Waals surface area (Å²) in [5, 5.41) is 3.25. The highest BCUT2D eigenvalue weighted by Gasteiger charge is 2.11. The fraction of sp³-hybridized carbons (Fsp3) is 0.118. The molecule has 0 saturated carbocycles. The Labute approximate surface area is 129 Å². The van der Waals surface area contributed by atoms with E-state index >= 15 is 0 Å². The lowest BCUT2D eigenvalue weighted by Gasteiger charge is -2.09. The Bertz CT molecular complexity index is 729. The van der Waals surface area contributed by atoms with Gasteiger partial charge in [-0.25, -0.2) is 0 Å². The Morgan fingerprint density at radius 2 is 2.05 bits per heavy atom. The molecule has 2 aromatic carbocycles. The molecule has 21 heavy (non-hydrogen) atoms. The van der Waals surface area contributed by atoms with Crippen LogP contribution in [-0.2, 0) is 0 Å². The lowest BCUT2D eigenvalue weighted by Crippen LogP contribution is -2.13. The number of aryl methyl sites for hydroxylation is 1. The van der Waals surface area contributed by atoms with Gasteiger partial charge in [-0.05, 0) is 36.8 Å². The van der Waals surface area contributed by atoms with Gasteiger partial charge in [0.1, 0.15) is 0 Å². The van der Waals surface area contributed by atoms with Crippen LogP contribution in [0, 0.1) is 18.8 Å². The zero-order valence-corrected chi connectivity index (χ0v) is 12.4. The first-order chi connectivity index (χ1) is 10.1. The number of anilines is 1. The molecule has 4 heteroatoms. The van der Waals surface area contributed by atoms with Gasteiger partial charge in [0.15, 0.2) is 0 Å². The third kappa shape index (κ3) is 3.85. The normalized spacial score (nSPS) is 9.67. The van der Waals surface area contributed by atoms with E-state index < -0.39 is 0 Å². The lowest BCUT2D eigenvalue weighted by molar-refractivity contribution is 0.102. The molecule has 0 heterocycles. The smallest absolute Gasteiger partial charge is 0.257 e. The Kier molecular flexibility index (Phi) is 4.99. The highest BCUT2D eigenvalue weighted by Crippen LogP contribution is 2.20. The quantitative estimate of drug-likeness (QED) is 0.837. The van der Waals surface area contributed by atoms with E-state index in [1.165, 1.54) is 0 Å². The third-order valence-electron chi connectivity index (χ3n) is 2.87. The molecule has 0 aromatic heterocycles. The summed E-state index contributed by atoms with van der Waals surface area (Å²) in [5.41, 5.74) is 8.27. The predicted molar refractivity (Wildman–Crippen MR) is 86.5 cm³/mol. The van der Waals surface area contributed by atoms with Crippen LogP contribution in [0.15, 0.2) is 42.5 Å². The molecule has 1 amide bonds. The van der Waals surface area contributed by atoms with Crippen LogP contribution in [0.3, 0.4) is 0 Å². The van der Waals surface area contributed by atoms with E-state index in [1.807, 2.05) is 25.1 Å². The van der Waals surface area contributed by atoms with Crippen LogP contribution >= 0.6 is 11.6 Å². The molecular weight excluding hydrogens is 284 g/mol. The van der Waals surface area contributed by atoms with E-state index in [0.717, 1.165) is 11.1 Å². The molecule has 3 nitrogen and oxygen atoms in total. The minimum atomic E-state index is -0.264. The van der Waals surface area contributed by atoms with Crippen LogP contribution in [0.4, 0.5) is 5.69 Å². The van der Waals surface area contributed by atoms with Gasteiger partial charge in [0.2, 0.25) is 0 Å². The molecule has 0 aliphatic rings. The van der Waals surface area contributed by atoms with Gasteiger partial charge in [-0.15, -0.1) is 0 Å². The second-order valence-electron chi connectivity index (χ2n) is 4.49. The van der Waals surface area contributed by atoms with Crippen molar-refractivity contribution in [3.63, 3.8) is 0 Å². The number of nitrogens with one attached hydrogen (secondary N) is 1. The molecule has 0 saturated heterocycles. The number of hydrogen-bond donors (Lipinski definition) is 2. The van der Waals surface area contributed by atoms with Crippen molar-refractivity contribution in [2.45, 2.75) is 6.92 Å². The van der Waals surface area contributed by atoms with E-state index in [1.54, 1.807) is 24.3 Å². The summed E-state index contributed by atoms with van der Waals surface area (Å²) in [6.45, 7) is 2.24. The summed E-state index contributed by atoms with van der Waals surface area (Å²) in [6, 6.07) is 12.6. The van der Waals surface area contributed by atoms with Crippen LogP contribution < -0.4 is 11.1 Å². The van der Waals surface area contributed by atoms with Gasteiger partial charge in [-0.2, -0.15) is 0 Å². The lowest BCUT2D eigenvalue weighted by atomic mass is 10.1. The average molecular weight is 299 g/mol. The summed E-state index contributed by atoms with van der Waals surface area (Å²) in [7, 11) is 0. The Morgan fingerprint density at radius 1 is 1.29 bits per heavy atom. The van der Waals surface area contributed by atoms with Crippen LogP contribution in [0.1, 0.15) is 21.5 Å². The van der Waals surface area contributed by atoms with Gasteiger partial charge >= 0.3 is 0 Å². The van der Waals surface area contributed by atoms with E-state index in [2.05, 4.69) is 17.2 Å². The minimum absolute atomic E-state index is 0.264. The summed E-state index contributed by atoms with van der Waals surface area (Å²) in [6.07, 6.45) is 0. The number of halogens is 1. The number of benzene rings is 2. The Hall–Kier alpha value is -2.28. The van der Waals surface area contributed by atoms with E-state index in [-0.39, 0.29) is 12.5 Å². The van der Waals surface area contributed by atoms with Gasteiger partial charge in [0, 0.05) is 5.56 Å². The first-order valence-electron chi connectivity index (χ1n) is 6.47. The first-order valence-corrected chi connectivity index (χ1v) is 6.85. The molecule has 0 aliphatic heterocycles. The summed E-state index contributed by atoms with van der Waals surface area (Å²) >= 11 is 6.03. The SMILES string of the molecule is Cc1ccc(NC(=O)c2ccccc2Cl)c(C#CCN)c1. The molecule has 0 bridgehead atoms. The van der Waals surface area contributed by atoms with E-state index in [9.17, 15) is 4.79 Å². The fourth-order valence-electron chi connectivity index (χ4n) is 1.85. The van der Waals surface area contributed by atoms with Gasteiger partial charge in [0.05, 0.1) is 22.8 Å². The molecule has 0 radical (unpaired) electrons. The van der Waals surface area contributed by atoms with Crippen molar-refractivity contribution in [1.82, 2.24) is 0 Å². The van der Waals surface area contributed by atoms with Gasteiger partial charge in [-0.3, -0.25) is 4.79 Å². The third-order valence-corrected chi connectivity index (χ3v) is 3.20. The first kappa shape index (κ1) is 15.1. The zero-order chi connectivity index (χ0) is 15.2. The largest absolute Gasteiger partial charge is 0.321 e. The van der Waals surface area contributed by atoms with Crippen molar-refractivity contribution >= 4 is 23.2 Å². The number of amides is 1. The summed E-state index contributed by atoms with van der Waals surface area (Å²) in [5.74, 6) is 5.50. The number of carbonyl (C=O) groups excluding carboxylic acids is 1. The second kappa shape index (κ2) is 6.94. The molecule has 106 valence electrons. The number of hydrogen-bond acceptors (Lipinski definition) is 2. The molecule has 0 fully saturated rings. The molecular formula is C17H15ClN2O. The fourth-order valence-corrected chi connectivity index (χ4v) is 2.07. The molecule has 0 aliphatic carbocycles. The molecule has 2 rings (SSSR count). The monoisotopic (exact) mass is 298 g/mol. The van der Waals surface area contributed by atoms with Crippen molar-refractivity contribution in [2.24, 2.45) is 5.73 Å². The minimum Gasteiger partial charge on any atom is -0.321 e. The van der Waals surface area contributed by atoms with Crippen molar-refractivity contribution < 1.29 is 4.79 Å². The van der Waals surface area contributed by atoms with Crippen molar-refractivity contribution in [3.8, 4) is 11.8 Å². The number of nitrogens with two attached hydrogens (primary N) is 1. The van der Waals surface area contributed by atoms with Gasteiger partial charge < -0.3 is 11.1 Å². The molecule has 2 aromatic rings. The highest BCUT2D eigenvalue weighted by atomic mass is 35.5. The van der Waals surface area contributed by atoms with Crippen LogP contribution in [0.25, 0.3) is 0 Å². The van der Waals surface area contributed by atoms with Crippen LogP contribution in [-0.4, -0.2) is 12.5 Å². The number of carbonyl (C=O) groups is 1. The number of rotatable bonds is 2. The highest BCUT2D eigenvalue weighted by molar-refractivity contribution is 6.34. The molecule has 3 N–H and O–H groups in total. The molecule has 0 unspecified atom stereocenters. The predicted octanol–water partition coefficient (Wildman–Crippen LogP) is 3.21. The Morgan fingerprint density at radius 3 is 2.76 bits per heavy atom. The van der Waals surface area contributed by atoms with Crippen molar-refractivity contribution in [2.75, 3.05) is 11.9 Å². The molecule has 0 spiro atoms. The van der Waals surface area contributed by atoms with Gasteiger partial charge in [0.25, 0.3) is 5.91 Å². The Balaban J connectivity index is 2.31. The second-order valence-corrected chi connectivity index (χ2v) is 4.90. The summed E-state index contributed by atoms with van der Waals surface area (Å²) < 4.78 is 0. The van der Waals surface area contributed by atoms with Crippen molar-refractivity contribution in [3.05, 3.63) is 64.2 Å². The standard InChI is InChI=1S/C17H15ClN2O/c1-12-8-9-16(13(11-12)5-4-10-19)20-17(21)14-6-2-3-7-15(14)18/h2-3,6-9,11H,10,19H2,1H3,(H,20,21). The maximum absolute atomic E-state index is 12.3. The topological polar surface area (TPSA) is 55.1 Å². The van der Waals surface area contributed by atoms with E-state index in [4.69, 9.17) is 17.3 Å². The maximum atomic E-state index is 12.3. The van der Waals surface area contributed by atoms with Gasteiger partial charge in [-0.1, -0.05) is 41.6 Å². The zero-order valence-electron chi connectivity index (χ0n) is 11.6. The molecule has 0 atom stereocenters. The van der Waals surface area contributed by atoms with Crippen LogP contribution in [0.2, 0.25) is 5.02 Å². The van der Waals surface area contributed by atoms with Crippen LogP contribution in [0.5, 0.6) is 0 Å². The summed E-state index contributed by atoms with van der Waals surface area (Å²) in [4.78, 5) is 12.3. The average Bonchev–Trinajstić information content (AvgIpc) is 2.47. The maximum Gasteiger partial charge on any atom is 0.257 e. The van der Waals surface area contributed by atoms with Crippen molar-refractivity contribution in [1.29, 1.82) is 0 Å².